The monoisotopic (exact) mass is 282 g/mol. The molecular formula is C16H24F2N2. The summed E-state index contributed by atoms with van der Waals surface area (Å²) in [5.41, 5.74) is 1.93. The molecular weight excluding hydrogens is 258 g/mol. The lowest BCUT2D eigenvalue weighted by Gasteiger charge is -2.23. The fourth-order valence-corrected chi connectivity index (χ4v) is 2.72. The summed E-state index contributed by atoms with van der Waals surface area (Å²) in [5, 5.41) is 6.73. The maximum atomic E-state index is 13.2. The molecule has 1 aromatic rings. The van der Waals surface area contributed by atoms with E-state index in [1.165, 1.54) is 18.9 Å². The van der Waals surface area contributed by atoms with E-state index in [0.717, 1.165) is 50.1 Å². The number of nitrogens with one attached hydrogen (secondary N) is 2. The molecule has 0 unspecified atom stereocenters. The van der Waals surface area contributed by atoms with Gasteiger partial charge >= 0.3 is 0 Å². The van der Waals surface area contributed by atoms with Crippen molar-refractivity contribution in [3.05, 3.63) is 29.3 Å². The van der Waals surface area contributed by atoms with Crippen LogP contribution in [-0.2, 0) is 5.92 Å². The zero-order valence-corrected chi connectivity index (χ0v) is 12.3. The number of rotatable bonds is 5. The standard InChI is InChI=1S/C16H24F2N2/c1-12-11-14(16(2,17)18)3-4-15(12)20-10-7-13-5-8-19-9-6-13/h3-4,11,13,19-20H,5-10H2,1-2H3. The number of piperidine rings is 1. The van der Waals surface area contributed by atoms with Gasteiger partial charge in [-0.15, -0.1) is 0 Å². The molecule has 0 aromatic heterocycles. The topological polar surface area (TPSA) is 24.1 Å². The summed E-state index contributed by atoms with van der Waals surface area (Å²) in [7, 11) is 0. The first-order chi connectivity index (χ1) is 9.47. The summed E-state index contributed by atoms with van der Waals surface area (Å²) in [6.45, 7) is 5.95. The van der Waals surface area contributed by atoms with Gasteiger partial charge in [-0.2, -0.15) is 0 Å². The van der Waals surface area contributed by atoms with Crippen molar-refractivity contribution in [2.24, 2.45) is 5.92 Å². The molecule has 1 fully saturated rings. The van der Waals surface area contributed by atoms with Crippen molar-refractivity contribution in [1.29, 1.82) is 0 Å². The van der Waals surface area contributed by atoms with Crippen molar-refractivity contribution in [3.63, 3.8) is 0 Å². The molecule has 2 nitrogen and oxygen atoms in total. The van der Waals surface area contributed by atoms with Crippen LogP contribution in [0.5, 0.6) is 0 Å². The second-order valence-electron chi connectivity index (χ2n) is 5.83. The normalized spacial score (nSPS) is 17.2. The third-order valence-corrected chi connectivity index (χ3v) is 4.06. The van der Waals surface area contributed by atoms with Crippen LogP contribution in [0.4, 0.5) is 14.5 Å². The Morgan fingerprint density at radius 3 is 2.60 bits per heavy atom. The van der Waals surface area contributed by atoms with Crippen molar-refractivity contribution >= 4 is 5.69 Å². The van der Waals surface area contributed by atoms with E-state index >= 15 is 0 Å². The Labute approximate surface area is 120 Å². The molecule has 0 aliphatic carbocycles. The minimum Gasteiger partial charge on any atom is -0.385 e. The van der Waals surface area contributed by atoms with Gasteiger partial charge in [-0.3, -0.25) is 0 Å². The van der Waals surface area contributed by atoms with Crippen LogP contribution < -0.4 is 10.6 Å². The van der Waals surface area contributed by atoms with Gasteiger partial charge < -0.3 is 10.6 Å². The lowest BCUT2D eigenvalue weighted by Crippen LogP contribution is -2.28. The van der Waals surface area contributed by atoms with Crippen LogP contribution in [0.1, 0.15) is 37.3 Å². The first-order valence-corrected chi connectivity index (χ1v) is 7.40. The smallest absolute Gasteiger partial charge is 0.270 e. The number of aryl methyl sites for hydroxylation is 1. The number of hydrogen-bond acceptors (Lipinski definition) is 2. The van der Waals surface area contributed by atoms with Crippen LogP contribution in [0.25, 0.3) is 0 Å². The molecule has 0 radical (unpaired) electrons. The van der Waals surface area contributed by atoms with E-state index in [4.69, 9.17) is 0 Å². The molecule has 1 aromatic carbocycles. The highest BCUT2D eigenvalue weighted by Crippen LogP contribution is 2.29. The molecule has 0 saturated carbocycles. The van der Waals surface area contributed by atoms with Crippen molar-refractivity contribution in [1.82, 2.24) is 5.32 Å². The Morgan fingerprint density at radius 2 is 2.00 bits per heavy atom. The van der Waals surface area contributed by atoms with E-state index in [0.29, 0.717) is 0 Å². The molecule has 0 amide bonds. The van der Waals surface area contributed by atoms with Crippen LogP contribution in [0, 0.1) is 12.8 Å². The molecule has 1 aliphatic rings. The highest BCUT2D eigenvalue weighted by Gasteiger charge is 2.24. The highest BCUT2D eigenvalue weighted by molar-refractivity contribution is 5.52. The van der Waals surface area contributed by atoms with Gasteiger partial charge in [-0.25, -0.2) is 8.78 Å². The third kappa shape index (κ3) is 4.17. The molecule has 1 heterocycles. The molecule has 1 aliphatic heterocycles. The fraction of sp³-hybridized carbons (Fsp3) is 0.625. The predicted octanol–water partition coefficient (Wildman–Crippen LogP) is 3.91. The first kappa shape index (κ1) is 15.2. The minimum atomic E-state index is -2.77. The Hall–Kier alpha value is -1.16. The summed E-state index contributed by atoms with van der Waals surface area (Å²) in [6, 6.07) is 4.86. The minimum absolute atomic E-state index is 0.0823. The van der Waals surface area contributed by atoms with Crippen molar-refractivity contribution < 1.29 is 8.78 Å². The van der Waals surface area contributed by atoms with E-state index in [2.05, 4.69) is 10.6 Å². The largest absolute Gasteiger partial charge is 0.385 e. The van der Waals surface area contributed by atoms with Gasteiger partial charge in [0.25, 0.3) is 5.92 Å². The van der Waals surface area contributed by atoms with E-state index in [-0.39, 0.29) is 5.56 Å². The second-order valence-corrected chi connectivity index (χ2v) is 5.83. The zero-order valence-electron chi connectivity index (χ0n) is 12.3. The van der Waals surface area contributed by atoms with Gasteiger partial charge in [0.2, 0.25) is 0 Å². The van der Waals surface area contributed by atoms with Gasteiger partial charge in [0.05, 0.1) is 0 Å². The van der Waals surface area contributed by atoms with Crippen LogP contribution in [0.15, 0.2) is 18.2 Å². The Kier molecular flexibility index (Phi) is 4.97. The number of halogens is 2. The van der Waals surface area contributed by atoms with E-state index in [9.17, 15) is 8.78 Å². The van der Waals surface area contributed by atoms with Crippen LogP contribution in [0.3, 0.4) is 0 Å². The number of anilines is 1. The Morgan fingerprint density at radius 1 is 1.30 bits per heavy atom. The second kappa shape index (κ2) is 6.53. The summed E-state index contributed by atoms with van der Waals surface area (Å²) in [4.78, 5) is 0. The Bertz CT molecular complexity index is 435. The summed E-state index contributed by atoms with van der Waals surface area (Å²) in [6.07, 6.45) is 3.62. The quantitative estimate of drug-likeness (QED) is 0.855. The maximum Gasteiger partial charge on any atom is 0.270 e. The van der Waals surface area contributed by atoms with Crippen molar-refractivity contribution in [3.8, 4) is 0 Å². The maximum absolute atomic E-state index is 13.2. The van der Waals surface area contributed by atoms with Gasteiger partial charge in [0, 0.05) is 24.7 Å². The van der Waals surface area contributed by atoms with Crippen molar-refractivity contribution in [2.45, 2.75) is 39.0 Å². The molecule has 1 saturated heterocycles. The van der Waals surface area contributed by atoms with E-state index in [1.807, 2.05) is 6.92 Å². The fourth-order valence-electron chi connectivity index (χ4n) is 2.72. The molecule has 112 valence electrons. The van der Waals surface area contributed by atoms with Crippen molar-refractivity contribution in [2.75, 3.05) is 25.0 Å². The SMILES string of the molecule is Cc1cc(C(C)(F)F)ccc1NCCC1CCNCC1. The molecule has 0 atom stereocenters. The van der Waals surface area contributed by atoms with Gasteiger partial charge in [-0.05, 0) is 62.9 Å². The zero-order chi connectivity index (χ0) is 14.6. The number of hydrogen-bond donors (Lipinski definition) is 2. The summed E-state index contributed by atoms with van der Waals surface area (Å²) < 4.78 is 26.5. The molecule has 0 bridgehead atoms. The molecule has 20 heavy (non-hydrogen) atoms. The lowest BCUT2D eigenvalue weighted by atomic mass is 9.94. The first-order valence-electron chi connectivity index (χ1n) is 7.40. The van der Waals surface area contributed by atoms with Gasteiger partial charge in [0.15, 0.2) is 0 Å². The lowest BCUT2D eigenvalue weighted by molar-refractivity contribution is 0.0174. The van der Waals surface area contributed by atoms with Gasteiger partial charge in [0.1, 0.15) is 0 Å². The average Bonchev–Trinajstić information content (AvgIpc) is 2.40. The molecule has 2 N–H and O–H groups in total. The van der Waals surface area contributed by atoms with E-state index < -0.39 is 5.92 Å². The molecule has 2 rings (SSSR count). The highest BCUT2D eigenvalue weighted by atomic mass is 19.3. The number of benzene rings is 1. The summed E-state index contributed by atoms with van der Waals surface area (Å²) >= 11 is 0. The molecule has 0 spiro atoms. The van der Waals surface area contributed by atoms with Gasteiger partial charge in [-0.1, -0.05) is 6.07 Å². The Balaban J connectivity index is 1.86. The average molecular weight is 282 g/mol. The molecule has 4 heteroatoms. The van der Waals surface area contributed by atoms with Crippen LogP contribution in [-0.4, -0.2) is 19.6 Å². The third-order valence-electron chi connectivity index (χ3n) is 4.06. The van der Waals surface area contributed by atoms with Crippen LogP contribution in [0.2, 0.25) is 0 Å². The summed E-state index contributed by atoms with van der Waals surface area (Å²) in [5.74, 6) is -1.98. The van der Waals surface area contributed by atoms with Crippen LogP contribution >= 0.6 is 0 Å². The van der Waals surface area contributed by atoms with E-state index in [1.54, 1.807) is 12.1 Å². The number of alkyl halides is 2. The predicted molar refractivity (Wildman–Crippen MR) is 79.4 cm³/mol.